The monoisotopic (exact) mass is 366 g/mol. The normalized spacial score (nSPS) is 11.8. The summed E-state index contributed by atoms with van der Waals surface area (Å²) in [7, 11) is 0. The number of aromatic nitrogens is 1. The fraction of sp³-hybridized carbons (Fsp3) is 0.267. The summed E-state index contributed by atoms with van der Waals surface area (Å²) in [6.07, 6.45) is -0.550. The van der Waals surface area contributed by atoms with E-state index in [4.69, 9.17) is 9.26 Å². The second kappa shape index (κ2) is 7.22. The topological polar surface area (TPSA) is 81.4 Å². The van der Waals surface area contributed by atoms with Crippen LogP contribution in [0.1, 0.15) is 29.5 Å². The van der Waals surface area contributed by atoms with Gasteiger partial charge in [0.2, 0.25) is 0 Å². The summed E-state index contributed by atoms with van der Waals surface area (Å²) in [5.41, 5.74) is 0.373. The molecule has 0 fully saturated rings. The number of carbonyl (C=O) groups excluding carboxylic acids is 2. The minimum Gasteiger partial charge on any atom is -0.449 e. The Labute approximate surface area is 135 Å². The number of anilines is 1. The molecule has 7 heteroatoms. The summed E-state index contributed by atoms with van der Waals surface area (Å²) in [5, 5.41) is 6.22. The van der Waals surface area contributed by atoms with Gasteiger partial charge in [-0.05, 0) is 31.5 Å². The number of nitrogens with zero attached hydrogens (tertiary/aromatic N) is 1. The van der Waals surface area contributed by atoms with E-state index in [1.54, 1.807) is 44.2 Å². The molecular formula is C15H15BrN2O4. The molecule has 0 aliphatic carbocycles. The van der Waals surface area contributed by atoms with Crippen LogP contribution in [0.3, 0.4) is 0 Å². The second-order valence-electron chi connectivity index (χ2n) is 4.62. The summed E-state index contributed by atoms with van der Waals surface area (Å²) >= 11 is 3.28. The predicted octanol–water partition coefficient (Wildman–Crippen LogP) is 3.32. The zero-order chi connectivity index (χ0) is 16.1. The summed E-state index contributed by atoms with van der Waals surface area (Å²) in [5.74, 6) is -0.132. The van der Waals surface area contributed by atoms with Crippen LogP contribution in [0, 0.1) is 6.92 Å². The molecule has 0 spiro atoms. The van der Waals surface area contributed by atoms with Crippen LogP contribution in [0.2, 0.25) is 0 Å². The molecule has 1 atom stereocenters. The van der Waals surface area contributed by atoms with Crippen LogP contribution in [0.25, 0.3) is 0 Å². The molecule has 116 valence electrons. The van der Waals surface area contributed by atoms with Crippen LogP contribution in [0.5, 0.6) is 0 Å². The molecule has 0 aliphatic rings. The molecule has 0 aliphatic heterocycles. The molecule has 0 saturated heterocycles. The standard InChI is InChI=1S/C15H15BrN2O4/c1-3-12(14(19)17-13-7-9(2)22-18-13)21-15(20)10-5-4-6-11(16)8-10/h4-8,12H,3H2,1-2H3,(H,17,18,19)/t12-/m1/s1. The van der Waals surface area contributed by atoms with Crippen LogP contribution in [0.4, 0.5) is 5.82 Å². The summed E-state index contributed by atoms with van der Waals surface area (Å²) < 4.78 is 10.9. The van der Waals surface area contributed by atoms with Crippen LogP contribution >= 0.6 is 15.9 Å². The van der Waals surface area contributed by atoms with Crippen molar-refractivity contribution in [1.82, 2.24) is 5.16 Å². The molecule has 22 heavy (non-hydrogen) atoms. The van der Waals surface area contributed by atoms with Gasteiger partial charge in [-0.1, -0.05) is 34.1 Å². The number of hydrogen-bond donors (Lipinski definition) is 1. The average molecular weight is 367 g/mol. The number of hydrogen-bond acceptors (Lipinski definition) is 5. The lowest BCUT2D eigenvalue weighted by atomic mass is 10.2. The van der Waals surface area contributed by atoms with E-state index in [-0.39, 0.29) is 0 Å². The SMILES string of the molecule is CC[C@@H](OC(=O)c1cccc(Br)c1)C(=O)Nc1cc(C)on1. The Morgan fingerprint density at radius 2 is 2.18 bits per heavy atom. The Morgan fingerprint density at radius 3 is 2.77 bits per heavy atom. The fourth-order valence-electron chi connectivity index (χ4n) is 1.77. The molecule has 0 saturated carbocycles. The fourth-order valence-corrected chi connectivity index (χ4v) is 2.17. The number of rotatable bonds is 5. The van der Waals surface area contributed by atoms with Crippen molar-refractivity contribution >= 4 is 33.6 Å². The number of halogens is 1. The Kier molecular flexibility index (Phi) is 5.32. The van der Waals surface area contributed by atoms with E-state index >= 15 is 0 Å². The van der Waals surface area contributed by atoms with E-state index in [1.807, 2.05) is 0 Å². The zero-order valence-electron chi connectivity index (χ0n) is 12.1. The highest BCUT2D eigenvalue weighted by Crippen LogP contribution is 2.15. The third-order valence-electron chi connectivity index (χ3n) is 2.85. The van der Waals surface area contributed by atoms with E-state index in [0.29, 0.717) is 23.6 Å². The van der Waals surface area contributed by atoms with Crippen molar-refractivity contribution in [3.63, 3.8) is 0 Å². The van der Waals surface area contributed by atoms with E-state index < -0.39 is 18.0 Å². The van der Waals surface area contributed by atoms with E-state index in [2.05, 4.69) is 26.4 Å². The van der Waals surface area contributed by atoms with Crippen molar-refractivity contribution in [3.8, 4) is 0 Å². The molecule has 1 N–H and O–H groups in total. The van der Waals surface area contributed by atoms with Crippen LogP contribution < -0.4 is 5.32 Å². The maximum absolute atomic E-state index is 12.1. The third-order valence-corrected chi connectivity index (χ3v) is 3.35. The van der Waals surface area contributed by atoms with Crippen molar-refractivity contribution in [2.45, 2.75) is 26.4 Å². The Balaban J connectivity index is 2.02. The highest BCUT2D eigenvalue weighted by Gasteiger charge is 2.23. The summed E-state index contributed by atoms with van der Waals surface area (Å²) in [6.45, 7) is 3.47. The first kappa shape index (κ1) is 16.2. The van der Waals surface area contributed by atoms with Gasteiger partial charge in [0.15, 0.2) is 11.9 Å². The van der Waals surface area contributed by atoms with Crippen molar-refractivity contribution < 1.29 is 18.8 Å². The van der Waals surface area contributed by atoms with Gasteiger partial charge in [-0.2, -0.15) is 0 Å². The van der Waals surface area contributed by atoms with Gasteiger partial charge in [-0.3, -0.25) is 4.79 Å². The summed E-state index contributed by atoms with van der Waals surface area (Å²) in [4.78, 5) is 24.2. The number of benzene rings is 1. The van der Waals surface area contributed by atoms with Gasteiger partial charge >= 0.3 is 5.97 Å². The number of amides is 1. The third kappa shape index (κ3) is 4.17. The molecule has 2 aromatic rings. The zero-order valence-corrected chi connectivity index (χ0v) is 13.7. The number of nitrogens with one attached hydrogen (secondary N) is 1. The second-order valence-corrected chi connectivity index (χ2v) is 5.54. The van der Waals surface area contributed by atoms with Crippen molar-refractivity contribution in [2.75, 3.05) is 5.32 Å². The first-order valence-corrected chi connectivity index (χ1v) is 7.49. The molecule has 0 bridgehead atoms. The van der Waals surface area contributed by atoms with Crippen LogP contribution in [-0.2, 0) is 9.53 Å². The number of ether oxygens (including phenoxy) is 1. The molecule has 6 nitrogen and oxygen atoms in total. The highest BCUT2D eigenvalue weighted by atomic mass is 79.9. The Morgan fingerprint density at radius 1 is 1.41 bits per heavy atom. The Hall–Kier alpha value is -2.15. The van der Waals surface area contributed by atoms with Crippen LogP contribution in [-0.4, -0.2) is 23.1 Å². The maximum atomic E-state index is 12.1. The van der Waals surface area contributed by atoms with Gasteiger partial charge in [0.05, 0.1) is 5.56 Å². The Bertz CT molecular complexity index is 684. The predicted molar refractivity (Wildman–Crippen MR) is 83.5 cm³/mol. The quantitative estimate of drug-likeness (QED) is 0.820. The molecule has 1 aromatic carbocycles. The number of aryl methyl sites for hydroxylation is 1. The minimum atomic E-state index is -0.900. The van der Waals surface area contributed by atoms with Gasteiger partial charge < -0.3 is 14.6 Å². The van der Waals surface area contributed by atoms with Crippen molar-refractivity contribution in [2.24, 2.45) is 0 Å². The first-order valence-electron chi connectivity index (χ1n) is 6.70. The van der Waals surface area contributed by atoms with Gasteiger partial charge in [0.25, 0.3) is 5.91 Å². The molecule has 2 rings (SSSR count). The number of carbonyl (C=O) groups is 2. The minimum absolute atomic E-state index is 0.291. The lowest BCUT2D eigenvalue weighted by Crippen LogP contribution is -2.32. The molecule has 0 radical (unpaired) electrons. The first-order chi connectivity index (χ1) is 10.5. The van der Waals surface area contributed by atoms with Gasteiger partial charge in [-0.25, -0.2) is 4.79 Å². The van der Waals surface area contributed by atoms with Crippen LogP contribution in [0.15, 0.2) is 39.3 Å². The van der Waals surface area contributed by atoms with Crippen molar-refractivity contribution in [3.05, 3.63) is 46.1 Å². The van der Waals surface area contributed by atoms with Gasteiger partial charge in [0, 0.05) is 10.5 Å². The van der Waals surface area contributed by atoms with Gasteiger partial charge in [0.1, 0.15) is 5.76 Å². The molecule has 1 amide bonds. The lowest BCUT2D eigenvalue weighted by molar-refractivity contribution is -0.124. The number of esters is 1. The smallest absolute Gasteiger partial charge is 0.338 e. The maximum Gasteiger partial charge on any atom is 0.338 e. The molecule has 0 unspecified atom stereocenters. The summed E-state index contributed by atoms with van der Waals surface area (Å²) in [6, 6.07) is 8.36. The molecule has 1 aromatic heterocycles. The van der Waals surface area contributed by atoms with Gasteiger partial charge in [-0.15, -0.1) is 0 Å². The average Bonchev–Trinajstić information content (AvgIpc) is 2.89. The van der Waals surface area contributed by atoms with Crippen molar-refractivity contribution in [1.29, 1.82) is 0 Å². The largest absolute Gasteiger partial charge is 0.449 e. The van der Waals surface area contributed by atoms with E-state index in [1.165, 1.54) is 0 Å². The highest BCUT2D eigenvalue weighted by molar-refractivity contribution is 9.10. The van der Waals surface area contributed by atoms with E-state index in [0.717, 1.165) is 4.47 Å². The molecule has 1 heterocycles. The van der Waals surface area contributed by atoms with E-state index in [9.17, 15) is 9.59 Å². The lowest BCUT2D eigenvalue weighted by Gasteiger charge is -2.15. The molecular weight excluding hydrogens is 352 g/mol.